The van der Waals surface area contributed by atoms with Gasteiger partial charge >= 0.3 is 5.97 Å². The first-order valence-corrected chi connectivity index (χ1v) is 5.05. The Hall–Kier alpha value is -1.32. The average molecular weight is 211 g/mol. The summed E-state index contributed by atoms with van der Waals surface area (Å²) >= 11 is 0. The Balaban J connectivity index is 2.77. The second-order valence-electron chi connectivity index (χ2n) is 3.69. The Bertz CT molecular complexity index is 303. The minimum absolute atomic E-state index is 0.297. The summed E-state index contributed by atoms with van der Waals surface area (Å²) in [7, 11) is 0. The summed E-state index contributed by atoms with van der Waals surface area (Å²) in [5.41, 5.74) is 2.17. The van der Waals surface area contributed by atoms with Crippen molar-refractivity contribution in [2.45, 2.75) is 39.8 Å². The molecule has 1 aliphatic heterocycles. The Morgan fingerprint density at radius 1 is 1.47 bits per heavy atom. The van der Waals surface area contributed by atoms with Gasteiger partial charge in [-0.2, -0.15) is 0 Å². The lowest BCUT2D eigenvalue weighted by molar-refractivity contribution is -0.145. The minimum Gasteiger partial charge on any atom is -0.473 e. The predicted molar refractivity (Wildman–Crippen MR) is 57.8 cm³/mol. The summed E-state index contributed by atoms with van der Waals surface area (Å²) in [5.74, 6) is -0.322. The van der Waals surface area contributed by atoms with Gasteiger partial charge in [0, 0.05) is 0 Å². The summed E-state index contributed by atoms with van der Waals surface area (Å²) in [6.07, 6.45) is 1.03. The molecule has 0 fully saturated rings. The van der Waals surface area contributed by atoms with Gasteiger partial charge in [-0.05, 0) is 33.3 Å². The molecule has 0 aromatic carbocycles. The number of allylic oxidation sites excluding steroid dienone is 1. The van der Waals surface area contributed by atoms with E-state index >= 15 is 0 Å². The van der Waals surface area contributed by atoms with E-state index in [1.54, 1.807) is 6.92 Å². The molecule has 84 valence electrons. The van der Waals surface area contributed by atoms with Crippen molar-refractivity contribution in [3.63, 3.8) is 0 Å². The smallest absolute Gasteiger partial charge is 0.335 e. The number of aliphatic imine (C=N–C) groups is 1. The van der Waals surface area contributed by atoms with E-state index in [0.717, 1.165) is 11.1 Å². The molecule has 1 rings (SSSR count). The van der Waals surface area contributed by atoms with Crippen LogP contribution in [0.25, 0.3) is 0 Å². The van der Waals surface area contributed by atoms with Crippen LogP contribution in [0.5, 0.6) is 0 Å². The number of hydrogen-bond donors (Lipinski definition) is 0. The van der Waals surface area contributed by atoms with Gasteiger partial charge in [-0.25, -0.2) is 9.79 Å². The number of esters is 1. The van der Waals surface area contributed by atoms with Crippen molar-refractivity contribution in [2.75, 3.05) is 6.61 Å². The molecule has 0 saturated carbocycles. The second-order valence-corrected chi connectivity index (χ2v) is 3.69. The molecule has 0 aromatic rings. The number of rotatable bonds is 3. The fourth-order valence-electron chi connectivity index (χ4n) is 1.35. The fraction of sp³-hybridized carbons (Fsp3) is 0.636. The van der Waals surface area contributed by atoms with E-state index in [0.29, 0.717) is 6.61 Å². The highest BCUT2D eigenvalue weighted by atomic mass is 16.5. The van der Waals surface area contributed by atoms with Gasteiger partial charge in [-0.15, -0.1) is 0 Å². The maximum absolute atomic E-state index is 11.5. The lowest BCUT2D eigenvalue weighted by Crippen LogP contribution is -2.33. The third-order valence-corrected chi connectivity index (χ3v) is 2.46. The minimum atomic E-state index is -0.542. The number of nitrogens with zero attached hydrogens (tertiary/aromatic N) is 1. The number of carbonyl (C=O) groups excluding carboxylic acids is 1. The molecule has 1 aliphatic rings. The van der Waals surface area contributed by atoms with Crippen molar-refractivity contribution in [1.82, 2.24) is 0 Å². The Morgan fingerprint density at radius 2 is 2.13 bits per heavy atom. The molecule has 0 amide bonds. The van der Waals surface area contributed by atoms with E-state index in [4.69, 9.17) is 9.47 Å². The van der Waals surface area contributed by atoms with Crippen molar-refractivity contribution in [1.29, 1.82) is 0 Å². The third kappa shape index (κ3) is 2.58. The van der Waals surface area contributed by atoms with Crippen LogP contribution in [0.3, 0.4) is 0 Å². The van der Waals surface area contributed by atoms with Crippen molar-refractivity contribution < 1.29 is 14.3 Å². The van der Waals surface area contributed by atoms with Crippen LogP contribution in [0.15, 0.2) is 16.1 Å². The molecule has 0 aromatic heterocycles. The number of hydrogen-bond acceptors (Lipinski definition) is 4. The Labute approximate surface area is 90.0 Å². The van der Waals surface area contributed by atoms with Crippen molar-refractivity contribution in [3.8, 4) is 0 Å². The van der Waals surface area contributed by atoms with Gasteiger partial charge < -0.3 is 9.47 Å². The van der Waals surface area contributed by atoms with E-state index in [1.807, 2.05) is 20.8 Å². The first kappa shape index (κ1) is 11.8. The number of ether oxygens (including phenoxy) is 2. The van der Waals surface area contributed by atoms with Crippen LogP contribution in [-0.4, -0.2) is 31.1 Å². The van der Waals surface area contributed by atoms with Gasteiger partial charge in [0.1, 0.15) is 0 Å². The second kappa shape index (κ2) is 4.96. The van der Waals surface area contributed by atoms with Crippen molar-refractivity contribution >= 4 is 12.4 Å². The fourth-order valence-corrected chi connectivity index (χ4v) is 1.35. The molecule has 4 nitrogen and oxygen atoms in total. The molecule has 0 aliphatic carbocycles. The molecule has 0 bridgehead atoms. The van der Waals surface area contributed by atoms with Gasteiger partial charge in [-0.3, -0.25) is 0 Å². The van der Waals surface area contributed by atoms with Crippen LogP contribution in [0.1, 0.15) is 27.7 Å². The molecule has 0 spiro atoms. The average Bonchev–Trinajstić information content (AvgIpc) is 2.65. The molecule has 15 heavy (non-hydrogen) atoms. The van der Waals surface area contributed by atoms with Crippen LogP contribution in [0.4, 0.5) is 0 Å². The molecular weight excluding hydrogens is 194 g/mol. The maximum atomic E-state index is 11.5. The van der Waals surface area contributed by atoms with Crippen molar-refractivity contribution in [2.24, 2.45) is 4.99 Å². The summed E-state index contributed by atoms with van der Waals surface area (Å²) < 4.78 is 10.2. The summed E-state index contributed by atoms with van der Waals surface area (Å²) in [4.78, 5) is 15.5. The summed E-state index contributed by atoms with van der Waals surface area (Å²) in [6, 6.07) is -0.542. The third-order valence-electron chi connectivity index (χ3n) is 2.46. The molecule has 0 radical (unpaired) electrons. The molecular formula is C11H17NO3. The maximum Gasteiger partial charge on any atom is 0.335 e. The van der Waals surface area contributed by atoms with Crippen LogP contribution in [0, 0.1) is 0 Å². The highest BCUT2D eigenvalue weighted by Gasteiger charge is 2.35. The van der Waals surface area contributed by atoms with Crippen LogP contribution in [0.2, 0.25) is 0 Å². The van der Waals surface area contributed by atoms with E-state index in [2.05, 4.69) is 4.99 Å². The largest absolute Gasteiger partial charge is 0.473 e. The normalized spacial score (nSPS) is 23.5. The zero-order valence-electron chi connectivity index (χ0n) is 9.61. The standard InChI is InChI=1S/C11H17NO3/c1-5-14-11(13)9-10(15-6-12-9)8(4)7(2)3/h6,9-10H,5H2,1-4H3. The highest BCUT2D eigenvalue weighted by molar-refractivity contribution is 5.80. The van der Waals surface area contributed by atoms with Gasteiger partial charge in [0.05, 0.1) is 6.61 Å². The highest BCUT2D eigenvalue weighted by Crippen LogP contribution is 2.21. The SMILES string of the molecule is CCOC(=O)C1N=COC1C(C)=C(C)C. The van der Waals surface area contributed by atoms with E-state index in [1.165, 1.54) is 6.40 Å². The van der Waals surface area contributed by atoms with Gasteiger partial charge in [0.25, 0.3) is 0 Å². The Morgan fingerprint density at radius 3 is 2.67 bits per heavy atom. The molecule has 2 atom stereocenters. The first-order chi connectivity index (χ1) is 7.07. The molecule has 0 saturated heterocycles. The zero-order chi connectivity index (χ0) is 11.4. The van der Waals surface area contributed by atoms with E-state index in [9.17, 15) is 4.79 Å². The molecule has 4 heteroatoms. The molecule has 2 unspecified atom stereocenters. The van der Waals surface area contributed by atoms with Crippen LogP contribution in [-0.2, 0) is 14.3 Å². The van der Waals surface area contributed by atoms with Crippen molar-refractivity contribution in [3.05, 3.63) is 11.1 Å². The number of carbonyl (C=O) groups is 1. The topological polar surface area (TPSA) is 47.9 Å². The Kier molecular flexibility index (Phi) is 3.88. The van der Waals surface area contributed by atoms with Crippen LogP contribution >= 0.6 is 0 Å². The molecule has 0 N–H and O–H groups in total. The summed E-state index contributed by atoms with van der Waals surface area (Å²) in [6.45, 7) is 8.06. The molecule has 1 heterocycles. The summed E-state index contributed by atoms with van der Waals surface area (Å²) in [5, 5.41) is 0. The first-order valence-electron chi connectivity index (χ1n) is 5.05. The van der Waals surface area contributed by atoms with E-state index in [-0.39, 0.29) is 12.1 Å². The lowest BCUT2D eigenvalue weighted by atomic mass is 10.0. The quantitative estimate of drug-likeness (QED) is 0.527. The monoisotopic (exact) mass is 211 g/mol. The van der Waals surface area contributed by atoms with Gasteiger partial charge in [0.2, 0.25) is 0 Å². The zero-order valence-corrected chi connectivity index (χ0v) is 9.61. The predicted octanol–water partition coefficient (Wildman–Crippen LogP) is 1.70. The van der Waals surface area contributed by atoms with Crippen LogP contribution < -0.4 is 0 Å². The van der Waals surface area contributed by atoms with Gasteiger partial charge in [0.15, 0.2) is 18.5 Å². The lowest BCUT2D eigenvalue weighted by Gasteiger charge is -2.17. The van der Waals surface area contributed by atoms with Gasteiger partial charge in [-0.1, -0.05) is 5.57 Å². The van der Waals surface area contributed by atoms with E-state index < -0.39 is 6.04 Å².